The zero-order valence-corrected chi connectivity index (χ0v) is 14.6. The third-order valence-electron chi connectivity index (χ3n) is 3.77. The lowest BCUT2D eigenvalue weighted by atomic mass is 10.2. The highest BCUT2D eigenvalue weighted by Crippen LogP contribution is 2.29. The molecule has 23 heavy (non-hydrogen) atoms. The van der Waals surface area contributed by atoms with E-state index in [1.165, 1.54) is 29.6 Å². The summed E-state index contributed by atoms with van der Waals surface area (Å²) in [6.45, 7) is 1.05. The Bertz CT molecular complexity index is 655. The topological polar surface area (TPSA) is 75.7 Å². The molecule has 1 amide bonds. The molecule has 0 aliphatic carbocycles. The normalized spacial score (nSPS) is 16.6. The largest absolute Gasteiger partial charge is 0.495 e. The predicted molar refractivity (Wildman–Crippen MR) is 89.6 cm³/mol. The van der Waals surface area contributed by atoms with Crippen LogP contribution in [-0.4, -0.2) is 44.7 Å². The summed E-state index contributed by atoms with van der Waals surface area (Å²) < 4.78 is 32.3. The van der Waals surface area contributed by atoms with Crippen molar-refractivity contribution in [3.05, 3.63) is 18.2 Å². The van der Waals surface area contributed by atoms with Crippen molar-refractivity contribution < 1.29 is 17.9 Å². The van der Waals surface area contributed by atoms with Crippen molar-refractivity contribution in [3.63, 3.8) is 0 Å². The predicted octanol–water partition coefficient (Wildman–Crippen LogP) is 2.44. The van der Waals surface area contributed by atoms with Crippen LogP contribution in [0.2, 0.25) is 0 Å². The number of amides is 1. The molecule has 128 valence electrons. The van der Waals surface area contributed by atoms with E-state index in [-0.39, 0.29) is 10.8 Å². The van der Waals surface area contributed by atoms with E-state index >= 15 is 0 Å². The number of halogens is 1. The van der Waals surface area contributed by atoms with Gasteiger partial charge in [-0.1, -0.05) is 12.8 Å². The van der Waals surface area contributed by atoms with Gasteiger partial charge in [0.1, 0.15) is 11.6 Å². The Balaban J connectivity index is 2.34. The summed E-state index contributed by atoms with van der Waals surface area (Å²) in [5, 5.41) is 2.56. The van der Waals surface area contributed by atoms with Crippen LogP contribution in [0.1, 0.15) is 25.7 Å². The lowest BCUT2D eigenvalue weighted by molar-refractivity contribution is -0.113. The van der Waals surface area contributed by atoms with Gasteiger partial charge in [-0.3, -0.25) is 4.79 Å². The molecule has 1 saturated heterocycles. The van der Waals surface area contributed by atoms with Crippen LogP contribution in [0.3, 0.4) is 0 Å². The van der Waals surface area contributed by atoms with Gasteiger partial charge in [0.15, 0.2) is 0 Å². The molecule has 6 nitrogen and oxygen atoms in total. The van der Waals surface area contributed by atoms with Gasteiger partial charge in [-0.2, -0.15) is 4.31 Å². The summed E-state index contributed by atoms with van der Waals surface area (Å²) in [6, 6.07) is 4.45. The van der Waals surface area contributed by atoms with Crippen molar-refractivity contribution in [1.29, 1.82) is 0 Å². The Morgan fingerprint density at radius 1 is 1.26 bits per heavy atom. The first-order valence-electron chi connectivity index (χ1n) is 7.53. The smallest absolute Gasteiger partial charge is 0.243 e. The second-order valence-electron chi connectivity index (χ2n) is 5.36. The molecule has 1 aromatic carbocycles. The van der Waals surface area contributed by atoms with Gasteiger partial charge < -0.3 is 10.1 Å². The summed E-state index contributed by atoms with van der Waals surface area (Å²) >= 11 is 5.49. The van der Waals surface area contributed by atoms with Gasteiger partial charge in [0, 0.05) is 13.1 Å². The molecule has 0 aromatic heterocycles. The van der Waals surface area contributed by atoms with Crippen LogP contribution in [-0.2, 0) is 14.8 Å². The van der Waals surface area contributed by atoms with Crippen molar-refractivity contribution >= 4 is 33.2 Å². The van der Waals surface area contributed by atoms with E-state index in [1.54, 1.807) is 0 Å². The minimum absolute atomic E-state index is 0.144. The fourth-order valence-corrected chi connectivity index (χ4v) is 4.17. The molecule has 0 spiro atoms. The fourth-order valence-electron chi connectivity index (χ4n) is 2.56. The Labute approximate surface area is 141 Å². The highest BCUT2D eigenvalue weighted by atomic mass is 35.5. The number of carbonyl (C=O) groups excluding carboxylic acids is 1. The number of rotatable bonds is 5. The van der Waals surface area contributed by atoms with Gasteiger partial charge in [0.2, 0.25) is 15.9 Å². The number of methoxy groups -OCH3 is 1. The number of sulfonamides is 1. The SMILES string of the molecule is COc1ccc(S(=O)(=O)N2CCCCCC2)cc1NC(=O)CCl. The lowest BCUT2D eigenvalue weighted by Crippen LogP contribution is -2.32. The molecule has 1 N–H and O–H groups in total. The Morgan fingerprint density at radius 3 is 2.48 bits per heavy atom. The van der Waals surface area contributed by atoms with Crippen LogP contribution in [0.4, 0.5) is 5.69 Å². The molecule has 1 aromatic rings. The quantitative estimate of drug-likeness (QED) is 0.818. The fraction of sp³-hybridized carbons (Fsp3) is 0.533. The highest BCUT2D eigenvalue weighted by molar-refractivity contribution is 7.89. The van der Waals surface area contributed by atoms with Gasteiger partial charge in [-0.15, -0.1) is 11.6 Å². The first kappa shape index (κ1) is 18.0. The standard InChI is InChI=1S/C15H21ClN2O4S/c1-22-14-7-6-12(10-13(14)17-15(19)11-16)23(20,21)18-8-4-2-3-5-9-18/h6-7,10H,2-5,8-9,11H2,1H3,(H,17,19). The molecule has 1 heterocycles. The van der Waals surface area contributed by atoms with Crippen LogP contribution in [0.5, 0.6) is 5.75 Å². The van der Waals surface area contributed by atoms with E-state index in [4.69, 9.17) is 16.3 Å². The summed E-state index contributed by atoms with van der Waals surface area (Å²) in [7, 11) is -2.13. The third kappa shape index (κ3) is 4.37. The number of alkyl halides is 1. The number of anilines is 1. The molecule has 0 bridgehead atoms. The van der Waals surface area contributed by atoms with Gasteiger partial charge >= 0.3 is 0 Å². The molecular weight excluding hydrogens is 340 g/mol. The molecule has 1 aliphatic rings. The number of carbonyl (C=O) groups is 1. The molecular formula is C15H21ClN2O4S. The van der Waals surface area contributed by atoms with Crippen molar-refractivity contribution in [2.75, 3.05) is 31.4 Å². The van der Waals surface area contributed by atoms with E-state index < -0.39 is 15.9 Å². The van der Waals surface area contributed by atoms with Crippen LogP contribution in [0.25, 0.3) is 0 Å². The van der Waals surface area contributed by atoms with Gasteiger partial charge in [0.05, 0.1) is 17.7 Å². The molecule has 0 atom stereocenters. The molecule has 1 fully saturated rings. The first-order chi connectivity index (χ1) is 11.0. The summed E-state index contributed by atoms with van der Waals surface area (Å²) in [4.78, 5) is 11.6. The highest BCUT2D eigenvalue weighted by Gasteiger charge is 2.26. The summed E-state index contributed by atoms with van der Waals surface area (Å²) in [5.74, 6) is -0.251. The van der Waals surface area contributed by atoms with Crippen LogP contribution < -0.4 is 10.1 Å². The van der Waals surface area contributed by atoms with E-state index in [0.29, 0.717) is 24.5 Å². The van der Waals surface area contributed by atoms with Crippen LogP contribution in [0, 0.1) is 0 Å². The number of benzene rings is 1. The minimum atomic E-state index is -3.58. The molecule has 0 saturated carbocycles. The Hall–Kier alpha value is -1.31. The zero-order valence-electron chi connectivity index (χ0n) is 13.0. The van der Waals surface area contributed by atoms with Gasteiger partial charge in [-0.05, 0) is 31.0 Å². The number of nitrogens with one attached hydrogen (secondary N) is 1. The molecule has 8 heteroatoms. The number of ether oxygens (including phenoxy) is 1. The first-order valence-corrected chi connectivity index (χ1v) is 9.50. The van der Waals surface area contributed by atoms with Crippen molar-refractivity contribution in [2.45, 2.75) is 30.6 Å². The second-order valence-corrected chi connectivity index (χ2v) is 7.57. The molecule has 0 radical (unpaired) electrons. The van der Waals surface area contributed by atoms with E-state index in [1.807, 2.05) is 0 Å². The summed E-state index contributed by atoms with van der Waals surface area (Å²) in [5.41, 5.74) is 0.300. The van der Waals surface area contributed by atoms with Gasteiger partial charge in [0.25, 0.3) is 0 Å². The average Bonchev–Trinajstić information content (AvgIpc) is 2.84. The van der Waals surface area contributed by atoms with Crippen LogP contribution >= 0.6 is 11.6 Å². The Morgan fingerprint density at radius 2 is 1.91 bits per heavy atom. The maximum absolute atomic E-state index is 12.8. The minimum Gasteiger partial charge on any atom is -0.495 e. The maximum atomic E-state index is 12.8. The number of nitrogens with zero attached hydrogens (tertiary/aromatic N) is 1. The number of hydrogen-bond acceptors (Lipinski definition) is 4. The van der Waals surface area contributed by atoms with Crippen molar-refractivity contribution in [3.8, 4) is 5.75 Å². The van der Waals surface area contributed by atoms with E-state index in [2.05, 4.69) is 5.32 Å². The average molecular weight is 361 g/mol. The molecule has 1 aliphatic heterocycles. The second kappa shape index (κ2) is 7.99. The lowest BCUT2D eigenvalue weighted by Gasteiger charge is -2.21. The van der Waals surface area contributed by atoms with E-state index in [9.17, 15) is 13.2 Å². The molecule has 0 unspecified atom stereocenters. The third-order valence-corrected chi connectivity index (χ3v) is 5.91. The van der Waals surface area contributed by atoms with Gasteiger partial charge in [-0.25, -0.2) is 8.42 Å². The molecule has 2 rings (SSSR count). The number of hydrogen-bond donors (Lipinski definition) is 1. The monoisotopic (exact) mass is 360 g/mol. The zero-order chi connectivity index (χ0) is 16.9. The maximum Gasteiger partial charge on any atom is 0.243 e. The summed E-state index contributed by atoms with van der Waals surface area (Å²) in [6.07, 6.45) is 3.83. The van der Waals surface area contributed by atoms with Crippen LogP contribution in [0.15, 0.2) is 23.1 Å². The Kier molecular flexibility index (Phi) is 6.26. The van der Waals surface area contributed by atoms with Crippen molar-refractivity contribution in [2.24, 2.45) is 0 Å². The van der Waals surface area contributed by atoms with E-state index in [0.717, 1.165) is 25.7 Å². The van der Waals surface area contributed by atoms with Crippen molar-refractivity contribution in [1.82, 2.24) is 4.31 Å².